The van der Waals surface area contributed by atoms with E-state index in [1.165, 1.54) is 6.92 Å². The summed E-state index contributed by atoms with van der Waals surface area (Å²) in [5.41, 5.74) is 0. The molecule has 6 fully saturated rings. The van der Waals surface area contributed by atoms with Crippen LogP contribution in [0.5, 0.6) is 0 Å². The number of aliphatic hydroxyl groups excluding tert-OH is 17. The highest BCUT2D eigenvalue weighted by Gasteiger charge is 2.58. The third-order valence-corrected chi connectivity index (χ3v) is 13.2. The first-order chi connectivity index (χ1) is 34.0. The largest absolute Gasteiger partial charge is 0.394 e. The van der Waals surface area contributed by atoms with E-state index in [-0.39, 0.29) is 0 Å². The summed E-state index contributed by atoms with van der Waals surface area (Å²) in [5.74, 6) is -1.58. The lowest BCUT2D eigenvalue weighted by molar-refractivity contribution is -0.391. The van der Waals surface area contributed by atoms with E-state index in [1.54, 1.807) is 0 Å². The first kappa shape index (κ1) is 59.1. The predicted octanol–water partition coefficient (Wildman–Crippen LogP) is -12.8. The molecule has 32 nitrogen and oxygen atoms in total. The van der Waals surface area contributed by atoms with Crippen LogP contribution < -0.4 is 10.6 Å². The molecule has 6 heterocycles. The molecule has 418 valence electrons. The highest BCUT2D eigenvalue weighted by Crippen LogP contribution is 2.37. The molecule has 0 aromatic heterocycles. The van der Waals surface area contributed by atoms with Crippen LogP contribution in [0.4, 0.5) is 0 Å². The highest BCUT2D eigenvalue weighted by molar-refractivity contribution is 5.73. The maximum Gasteiger partial charge on any atom is 0.217 e. The molecule has 19 N–H and O–H groups in total. The van der Waals surface area contributed by atoms with Gasteiger partial charge >= 0.3 is 0 Å². The van der Waals surface area contributed by atoms with Crippen molar-refractivity contribution in [2.24, 2.45) is 0 Å². The number of carbonyl (C=O) groups is 2. The fourth-order valence-corrected chi connectivity index (χ4v) is 9.14. The third kappa shape index (κ3) is 12.6. The molecule has 2 amide bonds. The van der Waals surface area contributed by atoms with Gasteiger partial charge in [-0.15, -0.1) is 0 Å². The van der Waals surface area contributed by atoms with E-state index in [2.05, 4.69) is 10.6 Å². The number of aliphatic hydroxyl groups is 17. The first-order valence-electron chi connectivity index (χ1n) is 23.0. The minimum absolute atomic E-state index is 0.709. The maximum atomic E-state index is 13.0. The normalized spacial score (nSPS) is 50.3. The summed E-state index contributed by atoms with van der Waals surface area (Å²) in [5, 5.41) is 186. The molecule has 0 saturated carbocycles. The van der Waals surface area contributed by atoms with Gasteiger partial charge in [0.1, 0.15) is 140 Å². The number of ether oxygens (including phenoxy) is 11. The monoisotopic (exact) mass is 1060 g/mol. The van der Waals surface area contributed by atoms with Crippen molar-refractivity contribution < 1.29 is 149 Å². The minimum Gasteiger partial charge on any atom is -0.394 e. The Kier molecular flexibility index (Phi) is 20.8. The van der Waals surface area contributed by atoms with Crippen LogP contribution in [-0.2, 0) is 61.7 Å². The van der Waals surface area contributed by atoms with Gasteiger partial charge in [0.2, 0.25) is 11.8 Å². The molecule has 0 aromatic carbocycles. The fourth-order valence-electron chi connectivity index (χ4n) is 9.14. The number of amides is 2. The molecule has 0 spiro atoms. The molecule has 30 atom stereocenters. The predicted molar refractivity (Wildman–Crippen MR) is 221 cm³/mol. The minimum atomic E-state index is -2.13. The Hall–Kier alpha value is -2.18. The summed E-state index contributed by atoms with van der Waals surface area (Å²) in [6, 6.07) is -3.33. The van der Waals surface area contributed by atoms with E-state index in [4.69, 9.17) is 52.1 Å². The zero-order valence-electron chi connectivity index (χ0n) is 38.8. The molecule has 6 aliphatic heterocycles. The SMILES string of the molecule is CC(=O)N[C@@H]1[C@@H](O)[C@H](O[C@@H]2O[C@H](CO[C@H]3O[C@H](CO)[C@@H](O)[C@H](O)[C@@H]3O[C@@H]3O[C@H](CO)[C@@H](O[C@@H]4O[C@H](CO)[C@H](O)[C@H](O)[C@H]4O)[C@H](O[C@@H]4O[C@@H](C)[C@@H](O)[C@@H](O)[C@@H]4O)[C@H]3NC(C)=O)[C@@H](O)[C@H](O)[C@@H]2O)[C@@H](CO)O[C@H]1O. The Balaban J connectivity index is 1.29. The molecule has 0 radical (unpaired) electrons. The van der Waals surface area contributed by atoms with Gasteiger partial charge in [-0.25, -0.2) is 0 Å². The second-order valence-corrected chi connectivity index (χ2v) is 18.3. The lowest BCUT2D eigenvalue weighted by Crippen LogP contribution is -2.71. The van der Waals surface area contributed by atoms with E-state index >= 15 is 0 Å². The van der Waals surface area contributed by atoms with Crippen LogP contribution in [-0.4, -0.2) is 316 Å². The number of hydrogen-bond acceptors (Lipinski definition) is 30. The molecule has 0 aromatic rings. The molecule has 0 aliphatic carbocycles. The first-order valence-corrected chi connectivity index (χ1v) is 23.0. The summed E-state index contributed by atoms with van der Waals surface area (Å²) < 4.78 is 63.9. The average Bonchev–Trinajstić information content (AvgIpc) is 3.34. The Morgan fingerprint density at radius 1 is 0.389 bits per heavy atom. The van der Waals surface area contributed by atoms with Crippen LogP contribution in [0.1, 0.15) is 20.8 Å². The third-order valence-electron chi connectivity index (χ3n) is 13.2. The smallest absolute Gasteiger partial charge is 0.217 e. The topological polar surface area (TPSA) is 504 Å². The summed E-state index contributed by atoms with van der Waals surface area (Å²) >= 11 is 0. The molecule has 6 saturated heterocycles. The van der Waals surface area contributed by atoms with E-state index in [9.17, 15) is 96.4 Å². The number of carbonyl (C=O) groups excluding carboxylic acids is 2. The summed E-state index contributed by atoms with van der Waals surface area (Å²) in [7, 11) is 0. The van der Waals surface area contributed by atoms with Crippen LogP contribution in [0.2, 0.25) is 0 Å². The number of hydrogen-bond donors (Lipinski definition) is 19. The number of nitrogens with one attached hydrogen (secondary N) is 2. The van der Waals surface area contributed by atoms with E-state index in [0.717, 1.165) is 13.8 Å². The molecule has 6 aliphatic rings. The van der Waals surface area contributed by atoms with Gasteiger partial charge in [0.05, 0.1) is 39.1 Å². The fraction of sp³-hybridized carbons (Fsp3) is 0.950. The molecule has 0 unspecified atom stereocenters. The second kappa shape index (κ2) is 25.3. The van der Waals surface area contributed by atoms with Crippen molar-refractivity contribution in [3.8, 4) is 0 Å². The van der Waals surface area contributed by atoms with Gasteiger partial charge in [0.25, 0.3) is 0 Å². The number of rotatable bonds is 17. The van der Waals surface area contributed by atoms with Crippen LogP contribution in [0.3, 0.4) is 0 Å². The van der Waals surface area contributed by atoms with Crippen LogP contribution in [0.15, 0.2) is 0 Å². The van der Waals surface area contributed by atoms with Crippen molar-refractivity contribution in [3.05, 3.63) is 0 Å². The summed E-state index contributed by atoms with van der Waals surface area (Å²) in [6.07, 6.45) is -52.2. The average molecular weight is 1060 g/mol. The zero-order chi connectivity index (χ0) is 53.2. The van der Waals surface area contributed by atoms with E-state index in [1.807, 2.05) is 0 Å². The Morgan fingerprint density at radius 2 is 0.792 bits per heavy atom. The second-order valence-electron chi connectivity index (χ2n) is 18.3. The molecule has 0 bridgehead atoms. The van der Waals surface area contributed by atoms with Gasteiger partial charge < -0.3 is 150 Å². The molecular formula is C40H68N2O30. The molecule has 72 heavy (non-hydrogen) atoms. The van der Waals surface area contributed by atoms with Crippen LogP contribution in [0, 0.1) is 0 Å². The lowest BCUT2D eigenvalue weighted by Gasteiger charge is -2.51. The van der Waals surface area contributed by atoms with Crippen molar-refractivity contribution in [2.75, 3.05) is 33.0 Å². The Bertz CT molecular complexity index is 1730. The van der Waals surface area contributed by atoms with Crippen molar-refractivity contribution in [3.63, 3.8) is 0 Å². The Morgan fingerprint density at radius 3 is 1.33 bits per heavy atom. The van der Waals surface area contributed by atoms with E-state index in [0.29, 0.717) is 0 Å². The van der Waals surface area contributed by atoms with Crippen LogP contribution in [0.25, 0.3) is 0 Å². The molecular weight excluding hydrogens is 988 g/mol. The van der Waals surface area contributed by atoms with E-state index < -0.39 is 229 Å². The standard InChI is InChI=1S/C40H68N2O30/c1-9-19(49)24(54)28(58)37(63-9)71-33-18(42-11(3)48)36(67-15(7-46)32(33)70-38-29(59)25(55)20(50)12(4-43)65-38)72-34-27(57)21(51)13(5-44)66-40(34)62-8-16-22(52)26(56)30(60)39(68-16)69-31-14(6-45)64-35(61)17(23(31)53)41-10(2)47/h9,12-40,43-46,49-61H,4-8H2,1-3H3,(H,41,47)(H,42,48)/t9-,12+,13+,14+,15+,16+,17+,18+,19+,20-,21+,22+,23+,24+,25-,26-,27-,28-,29+,30-,31+,32+,33+,34-,35+,36-,37-,38-,39-,40-/m0/s1. The maximum absolute atomic E-state index is 13.0. The quantitative estimate of drug-likeness (QED) is 0.0643. The lowest BCUT2D eigenvalue weighted by atomic mass is 9.93. The Labute approximate surface area is 408 Å². The van der Waals surface area contributed by atoms with Crippen molar-refractivity contribution >= 4 is 11.8 Å². The zero-order valence-corrected chi connectivity index (χ0v) is 38.8. The molecule has 6 rings (SSSR count). The van der Waals surface area contributed by atoms with Gasteiger partial charge in [-0.3, -0.25) is 9.59 Å². The summed E-state index contributed by atoms with van der Waals surface area (Å²) in [6.45, 7) is -1.34. The van der Waals surface area contributed by atoms with Crippen molar-refractivity contribution in [1.82, 2.24) is 10.6 Å². The summed E-state index contributed by atoms with van der Waals surface area (Å²) in [4.78, 5) is 24.8. The highest BCUT2D eigenvalue weighted by atomic mass is 16.8. The van der Waals surface area contributed by atoms with Gasteiger partial charge in [0, 0.05) is 13.8 Å². The molecule has 32 heteroatoms. The van der Waals surface area contributed by atoms with Gasteiger partial charge in [0.15, 0.2) is 37.7 Å². The van der Waals surface area contributed by atoms with Crippen LogP contribution >= 0.6 is 0 Å². The van der Waals surface area contributed by atoms with Crippen molar-refractivity contribution in [1.29, 1.82) is 0 Å². The van der Waals surface area contributed by atoms with Gasteiger partial charge in [-0.1, -0.05) is 0 Å². The van der Waals surface area contributed by atoms with Gasteiger partial charge in [-0.05, 0) is 6.92 Å². The van der Waals surface area contributed by atoms with Crippen molar-refractivity contribution in [2.45, 2.75) is 205 Å². The van der Waals surface area contributed by atoms with Gasteiger partial charge in [-0.2, -0.15) is 0 Å².